The van der Waals surface area contributed by atoms with E-state index in [4.69, 9.17) is 16.0 Å². The zero-order chi connectivity index (χ0) is 9.84. The van der Waals surface area contributed by atoms with Crippen LogP contribution in [0.25, 0.3) is 0 Å². The molecule has 0 atom stereocenters. The van der Waals surface area contributed by atoms with Gasteiger partial charge in [0.05, 0.1) is 12.3 Å². The highest BCUT2D eigenvalue weighted by Crippen LogP contribution is 2.05. The SMILES string of the molecule is Cc1cc(/C(N)=N/O)cc(CO)n1. The van der Waals surface area contributed by atoms with Crippen molar-refractivity contribution in [2.24, 2.45) is 10.9 Å². The van der Waals surface area contributed by atoms with Crippen LogP contribution < -0.4 is 5.73 Å². The molecule has 70 valence electrons. The van der Waals surface area contributed by atoms with Gasteiger partial charge in [-0.25, -0.2) is 0 Å². The van der Waals surface area contributed by atoms with E-state index in [9.17, 15) is 0 Å². The molecule has 5 nitrogen and oxygen atoms in total. The van der Waals surface area contributed by atoms with Gasteiger partial charge in [0.25, 0.3) is 0 Å². The minimum Gasteiger partial charge on any atom is -0.409 e. The fourth-order valence-corrected chi connectivity index (χ4v) is 1.02. The fraction of sp³-hybridized carbons (Fsp3) is 0.250. The molecule has 0 bridgehead atoms. The van der Waals surface area contributed by atoms with Crippen LogP contribution in [0.5, 0.6) is 0 Å². The zero-order valence-corrected chi connectivity index (χ0v) is 7.23. The summed E-state index contributed by atoms with van der Waals surface area (Å²) in [6, 6.07) is 3.25. The second-order valence-electron chi connectivity index (χ2n) is 2.63. The van der Waals surface area contributed by atoms with Crippen LogP contribution in [0.2, 0.25) is 0 Å². The highest BCUT2D eigenvalue weighted by Gasteiger charge is 2.02. The van der Waals surface area contributed by atoms with Crippen LogP contribution in [0.3, 0.4) is 0 Å². The van der Waals surface area contributed by atoms with E-state index in [0.717, 1.165) is 0 Å². The van der Waals surface area contributed by atoms with Crippen LogP contribution >= 0.6 is 0 Å². The maximum Gasteiger partial charge on any atom is 0.170 e. The van der Waals surface area contributed by atoms with Crippen molar-refractivity contribution >= 4 is 5.84 Å². The lowest BCUT2D eigenvalue weighted by molar-refractivity contribution is 0.276. The maximum absolute atomic E-state index is 8.84. The second-order valence-corrected chi connectivity index (χ2v) is 2.63. The summed E-state index contributed by atoms with van der Waals surface area (Å²) in [6.45, 7) is 1.61. The van der Waals surface area contributed by atoms with Crippen LogP contribution in [0, 0.1) is 6.92 Å². The van der Waals surface area contributed by atoms with Gasteiger partial charge in [0.15, 0.2) is 5.84 Å². The summed E-state index contributed by atoms with van der Waals surface area (Å²) in [5.41, 5.74) is 7.15. The Labute approximate surface area is 75.5 Å². The molecule has 0 saturated heterocycles. The molecule has 1 aromatic heterocycles. The average molecular weight is 181 g/mol. The molecule has 0 radical (unpaired) electrons. The lowest BCUT2D eigenvalue weighted by Crippen LogP contribution is -2.14. The molecular weight excluding hydrogens is 170 g/mol. The van der Waals surface area contributed by atoms with Crippen molar-refractivity contribution < 1.29 is 10.3 Å². The number of aryl methyl sites for hydroxylation is 1. The lowest BCUT2D eigenvalue weighted by Gasteiger charge is -2.02. The number of oxime groups is 1. The van der Waals surface area contributed by atoms with E-state index < -0.39 is 0 Å². The predicted octanol–water partition coefficient (Wildman–Crippen LogP) is -0.0232. The molecule has 0 aromatic carbocycles. The maximum atomic E-state index is 8.84. The number of nitrogens with two attached hydrogens (primary N) is 1. The Morgan fingerprint density at radius 3 is 2.85 bits per heavy atom. The number of aliphatic hydroxyl groups is 1. The Kier molecular flexibility index (Phi) is 2.81. The number of amidine groups is 1. The Hall–Kier alpha value is -1.62. The standard InChI is InChI=1S/C8H11N3O2/c1-5-2-6(8(9)11-13)3-7(4-12)10-5/h2-3,12-13H,4H2,1H3,(H2,9,11). The largest absolute Gasteiger partial charge is 0.409 e. The van der Waals surface area contributed by atoms with E-state index in [1.165, 1.54) is 0 Å². The normalized spacial score (nSPS) is 11.7. The molecular formula is C8H11N3O2. The lowest BCUT2D eigenvalue weighted by atomic mass is 10.2. The van der Waals surface area contributed by atoms with E-state index in [1.54, 1.807) is 19.1 Å². The third-order valence-corrected chi connectivity index (χ3v) is 1.57. The molecule has 1 heterocycles. The van der Waals surface area contributed by atoms with Gasteiger partial charge < -0.3 is 16.0 Å². The summed E-state index contributed by atoms with van der Waals surface area (Å²) in [5.74, 6) is 0.0141. The summed E-state index contributed by atoms with van der Waals surface area (Å²) in [7, 11) is 0. The topological polar surface area (TPSA) is 91.7 Å². The molecule has 0 unspecified atom stereocenters. The summed E-state index contributed by atoms with van der Waals surface area (Å²) in [6.07, 6.45) is 0. The number of pyridine rings is 1. The van der Waals surface area contributed by atoms with Crippen LogP contribution in [-0.4, -0.2) is 21.1 Å². The first kappa shape index (κ1) is 9.47. The zero-order valence-electron chi connectivity index (χ0n) is 7.23. The quantitative estimate of drug-likeness (QED) is 0.259. The third kappa shape index (κ3) is 2.16. The van der Waals surface area contributed by atoms with Gasteiger partial charge in [-0.15, -0.1) is 0 Å². The van der Waals surface area contributed by atoms with Crippen molar-refractivity contribution in [1.82, 2.24) is 4.98 Å². The number of aliphatic hydroxyl groups excluding tert-OH is 1. The van der Waals surface area contributed by atoms with Crippen molar-refractivity contribution in [3.63, 3.8) is 0 Å². The molecule has 5 heteroatoms. The molecule has 0 fully saturated rings. The number of rotatable bonds is 2. The number of nitrogens with zero attached hydrogens (tertiary/aromatic N) is 2. The smallest absolute Gasteiger partial charge is 0.170 e. The molecule has 13 heavy (non-hydrogen) atoms. The van der Waals surface area contributed by atoms with Gasteiger partial charge in [-0.05, 0) is 19.1 Å². The van der Waals surface area contributed by atoms with Gasteiger partial charge in [-0.2, -0.15) is 0 Å². The Bertz CT molecular complexity index is 336. The van der Waals surface area contributed by atoms with Crippen LogP contribution in [0.4, 0.5) is 0 Å². The summed E-state index contributed by atoms with van der Waals surface area (Å²) in [4.78, 5) is 4.03. The van der Waals surface area contributed by atoms with Crippen LogP contribution in [0.15, 0.2) is 17.3 Å². The Morgan fingerprint density at radius 2 is 2.31 bits per heavy atom. The average Bonchev–Trinajstić information content (AvgIpc) is 2.15. The highest BCUT2D eigenvalue weighted by molar-refractivity contribution is 5.97. The highest BCUT2D eigenvalue weighted by atomic mass is 16.4. The van der Waals surface area contributed by atoms with Gasteiger partial charge in [0.1, 0.15) is 0 Å². The summed E-state index contributed by atoms with van der Waals surface area (Å²) >= 11 is 0. The first-order valence-electron chi connectivity index (χ1n) is 3.73. The molecule has 0 spiro atoms. The molecule has 1 rings (SSSR count). The first-order valence-corrected chi connectivity index (χ1v) is 3.73. The van der Waals surface area contributed by atoms with E-state index in [-0.39, 0.29) is 12.4 Å². The van der Waals surface area contributed by atoms with Gasteiger partial charge >= 0.3 is 0 Å². The molecule has 4 N–H and O–H groups in total. The van der Waals surface area contributed by atoms with E-state index in [2.05, 4.69) is 10.1 Å². The van der Waals surface area contributed by atoms with Crippen molar-refractivity contribution in [3.05, 3.63) is 29.1 Å². The first-order chi connectivity index (χ1) is 6.17. The number of hydrogen-bond acceptors (Lipinski definition) is 4. The van der Waals surface area contributed by atoms with Gasteiger partial charge in [0, 0.05) is 11.3 Å². The second kappa shape index (κ2) is 3.86. The molecule has 1 aromatic rings. The minimum atomic E-state index is -0.159. The fourth-order valence-electron chi connectivity index (χ4n) is 1.02. The Morgan fingerprint density at radius 1 is 1.62 bits per heavy atom. The van der Waals surface area contributed by atoms with Gasteiger partial charge in [-0.1, -0.05) is 5.16 Å². The van der Waals surface area contributed by atoms with Crippen molar-refractivity contribution in [2.75, 3.05) is 0 Å². The van der Waals surface area contributed by atoms with Crippen LogP contribution in [0.1, 0.15) is 17.0 Å². The Balaban J connectivity index is 3.16. The van der Waals surface area contributed by atoms with Crippen molar-refractivity contribution in [3.8, 4) is 0 Å². The van der Waals surface area contributed by atoms with Crippen LogP contribution in [-0.2, 0) is 6.61 Å². The van der Waals surface area contributed by atoms with Gasteiger partial charge in [-0.3, -0.25) is 4.98 Å². The van der Waals surface area contributed by atoms with Gasteiger partial charge in [0.2, 0.25) is 0 Å². The number of aromatic nitrogens is 1. The molecule has 0 aliphatic rings. The predicted molar refractivity (Wildman–Crippen MR) is 47.4 cm³/mol. The number of hydrogen-bond donors (Lipinski definition) is 3. The minimum absolute atomic E-state index is 0.0141. The summed E-state index contributed by atoms with van der Waals surface area (Å²) in [5, 5.41) is 20.1. The van der Waals surface area contributed by atoms with E-state index >= 15 is 0 Å². The molecule has 0 aliphatic carbocycles. The molecule has 0 amide bonds. The van der Waals surface area contributed by atoms with Crippen molar-refractivity contribution in [1.29, 1.82) is 0 Å². The molecule has 0 aliphatic heterocycles. The van der Waals surface area contributed by atoms with Crippen molar-refractivity contribution in [2.45, 2.75) is 13.5 Å². The third-order valence-electron chi connectivity index (χ3n) is 1.57. The van der Waals surface area contributed by atoms with E-state index in [0.29, 0.717) is 17.0 Å². The van der Waals surface area contributed by atoms with E-state index in [1.807, 2.05) is 0 Å². The molecule has 0 saturated carbocycles. The monoisotopic (exact) mass is 181 g/mol. The summed E-state index contributed by atoms with van der Waals surface area (Å²) < 4.78 is 0.